The summed E-state index contributed by atoms with van der Waals surface area (Å²) in [7, 11) is -1.76. The number of furan rings is 1. The van der Waals surface area contributed by atoms with Crippen LogP contribution in [0.3, 0.4) is 0 Å². The second-order valence-corrected chi connectivity index (χ2v) is 18.9. The predicted octanol–water partition coefficient (Wildman–Crippen LogP) is 11.7. The van der Waals surface area contributed by atoms with Gasteiger partial charge in [-0.3, -0.25) is 0 Å². The van der Waals surface area contributed by atoms with Gasteiger partial charge in [0.15, 0.2) is 0 Å². The van der Waals surface area contributed by atoms with E-state index in [0.29, 0.717) is 33.5 Å². The summed E-state index contributed by atoms with van der Waals surface area (Å²) in [4.78, 5) is 9.13. The van der Waals surface area contributed by atoms with Crippen LogP contribution in [0.25, 0.3) is 55.6 Å². The van der Waals surface area contributed by atoms with Crippen LogP contribution in [0.15, 0.2) is 144 Å². The first-order valence-corrected chi connectivity index (χ1v) is 21.1. The Balaban J connectivity index is 0.000000183. The maximum atomic E-state index is 8.84. The molecule has 3 heterocycles. The molecule has 53 heavy (non-hydrogen) atoms. The summed E-state index contributed by atoms with van der Waals surface area (Å²) in [5.41, 5.74) is 8.12. The number of benzene rings is 5. The molecule has 0 aliphatic heterocycles. The van der Waals surface area contributed by atoms with Gasteiger partial charge < -0.3 is 14.4 Å². The van der Waals surface area contributed by atoms with Gasteiger partial charge in [-0.1, -0.05) is 126 Å². The molecule has 0 fully saturated rings. The second kappa shape index (κ2) is 16.0. The summed E-state index contributed by atoms with van der Waals surface area (Å²) in [5, 5.41) is 2.92. The van der Waals surface area contributed by atoms with E-state index in [1.54, 1.807) is 18.3 Å². The van der Waals surface area contributed by atoms with E-state index >= 15 is 0 Å². The SMILES string of the molecule is [2H]C([2H])(c1ccccc1)c1cc(-c2[c-]cccc2)ncc1[Si](C)(C)C.[2H]C1([2H])CCC([2H])([2H])c2c1ccnc2-c1[c-]ccc2c1oc1cc(-c3ccccc3)ccc12.[Ir]. The van der Waals surface area contributed by atoms with E-state index in [0.717, 1.165) is 49.5 Å². The topological polar surface area (TPSA) is 38.9 Å². The van der Waals surface area contributed by atoms with E-state index in [9.17, 15) is 0 Å². The van der Waals surface area contributed by atoms with Crippen LogP contribution in [0.4, 0.5) is 0 Å². The van der Waals surface area contributed by atoms with E-state index in [1.165, 1.54) is 0 Å². The van der Waals surface area contributed by atoms with Crippen molar-refractivity contribution in [3.8, 4) is 33.6 Å². The number of hydrogen-bond acceptors (Lipinski definition) is 3. The number of fused-ring (bicyclic) bond motifs is 4. The van der Waals surface area contributed by atoms with Gasteiger partial charge in [-0.2, -0.15) is 0 Å². The fourth-order valence-corrected chi connectivity index (χ4v) is 8.02. The molecular weight excluding hydrogens is 841 g/mol. The Morgan fingerprint density at radius 2 is 1.53 bits per heavy atom. The molecule has 0 saturated heterocycles. The van der Waals surface area contributed by atoms with Gasteiger partial charge in [0, 0.05) is 46.1 Å². The third-order valence-corrected chi connectivity index (χ3v) is 11.2. The van der Waals surface area contributed by atoms with Crippen molar-refractivity contribution >= 4 is 35.2 Å². The normalized spacial score (nSPS) is 16.3. The molecule has 8 aromatic rings. The molecule has 3 aromatic heterocycles. The Hall–Kier alpha value is -4.93. The number of rotatable bonds is 6. The zero-order valence-corrected chi connectivity index (χ0v) is 33.2. The quantitative estimate of drug-likeness (QED) is 0.123. The van der Waals surface area contributed by atoms with E-state index < -0.39 is 27.2 Å². The van der Waals surface area contributed by atoms with Crippen LogP contribution in [0.1, 0.15) is 43.3 Å². The van der Waals surface area contributed by atoms with Gasteiger partial charge in [-0.15, -0.1) is 54.1 Å². The van der Waals surface area contributed by atoms with E-state index in [2.05, 4.69) is 59.9 Å². The van der Waals surface area contributed by atoms with Crippen LogP contribution >= 0.6 is 0 Å². The second-order valence-electron chi connectivity index (χ2n) is 13.8. The molecule has 0 N–H and O–H groups in total. The maximum absolute atomic E-state index is 8.84. The third-order valence-electron chi connectivity index (χ3n) is 9.22. The van der Waals surface area contributed by atoms with Crippen LogP contribution in [-0.2, 0) is 39.2 Å². The molecule has 0 unspecified atom stereocenters. The molecule has 0 atom stereocenters. The molecule has 0 bridgehead atoms. The minimum Gasteiger partial charge on any atom is -0.501 e. The van der Waals surface area contributed by atoms with E-state index in [-0.39, 0.29) is 32.9 Å². The molecular formula is C48H42IrN2OSi-2. The first kappa shape index (κ1) is 29.5. The fraction of sp³-hybridized carbons (Fsp3) is 0.167. The minimum absolute atomic E-state index is 0. The summed E-state index contributed by atoms with van der Waals surface area (Å²) in [5.74, 6) is 0. The van der Waals surface area contributed by atoms with Gasteiger partial charge in [0.1, 0.15) is 5.58 Å². The average molecular weight is 889 g/mol. The molecule has 3 nitrogen and oxygen atoms in total. The summed E-state index contributed by atoms with van der Waals surface area (Å²) >= 11 is 0. The van der Waals surface area contributed by atoms with Crippen molar-refractivity contribution in [3.05, 3.63) is 174 Å². The molecule has 9 rings (SSSR count). The van der Waals surface area contributed by atoms with Gasteiger partial charge in [0.25, 0.3) is 0 Å². The van der Waals surface area contributed by atoms with Crippen LogP contribution in [0, 0.1) is 12.1 Å². The van der Waals surface area contributed by atoms with Crippen molar-refractivity contribution in [3.63, 3.8) is 0 Å². The monoisotopic (exact) mass is 889 g/mol. The van der Waals surface area contributed by atoms with Crippen LogP contribution in [0.2, 0.25) is 19.6 Å². The molecule has 0 amide bonds. The van der Waals surface area contributed by atoms with Crippen molar-refractivity contribution in [2.45, 2.75) is 51.6 Å². The van der Waals surface area contributed by atoms with E-state index in [4.69, 9.17) is 12.6 Å². The van der Waals surface area contributed by atoms with Crippen LogP contribution in [-0.4, -0.2) is 18.0 Å². The molecule has 265 valence electrons. The van der Waals surface area contributed by atoms with Crippen molar-refractivity contribution in [2.24, 2.45) is 0 Å². The Labute approximate surface area is 336 Å². The smallest absolute Gasteiger partial charge is 0.121 e. The Bertz CT molecular complexity index is 2760. The third kappa shape index (κ3) is 7.89. The predicted molar refractivity (Wildman–Crippen MR) is 219 cm³/mol. The molecule has 5 heteroatoms. The largest absolute Gasteiger partial charge is 0.501 e. The van der Waals surface area contributed by atoms with Gasteiger partial charge in [-0.25, -0.2) is 0 Å². The van der Waals surface area contributed by atoms with Crippen molar-refractivity contribution < 1.29 is 32.7 Å². The maximum Gasteiger partial charge on any atom is 0.121 e. The Kier molecular flexibility index (Phi) is 8.90. The zero-order valence-electron chi connectivity index (χ0n) is 35.8. The molecule has 5 aromatic carbocycles. The molecule has 1 aliphatic rings. The van der Waals surface area contributed by atoms with Crippen molar-refractivity contribution in [1.29, 1.82) is 0 Å². The van der Waals surface area contributed by atoms with Gasteiger partial charge in [0.2, 0.25) is 0 Å². The van der Waals surface area contributed by atoms with Crippen LogP contribution in [0.5, 0.6) is 0 Å². The summed E-state index contributed by atoms with van der Waals surface area (Å²) in [6.07, 6.45) is -1.20. The fourth-order valence-electron chi connectivity index (χ4n) is 6.62. The minimum atomic E-state index is -1.76. The Morgan fingerprint density at radius 1 is 0.755 bits per heavy atom. The standard InChI is InChI=1S/C27H20NO.C21H22NSi.Ir/c1-2-7-18(8-3-1)20-13-14-22-23-11-6-12-24(27(23)29-25(22)17-20)26-21-10-5-4-9-19(21)15-16-28-26;1-23(2,3)21-16-22-20(18-12-8-5-9-13-18)15-19(21)14-17-10-6-4-7-11-17;/h1-3,6-8,11,13-17H,4-5,9-10H2;4-12,15-16H,14H2,1-3H3;/q2*-1;/i9D2,10D2;14D2;. The molecule has 1 radical (unpaired) electrons. The van der Waals surface area contributed by atoms with Gasteiger partial charge in [0.05, 0.1) is 13.7 Å². The summed E-state index contributed by atoms with van der Waals surface area (Å²) in [6.45, 7) is 6.68. The number of aromatic nitrogens is 2. The molecule has 0 saturated carbocycles. The van der Waals surface area contributed by atoms with Gasteiger partial charge >= 0.3 is 0 Å². The summed E-state index contributed by atoms with van der Waals surface area (Å²) in [6, 6.07) is 46.9. The molecule has 1 aliphatic carbocycles. The first-order valence-electron chi connectivity index (χ1n) is 20.6. The van der Waals surface area contributed by atoms with Gasteiger partial charge in [-0.05, 0) is 77.4 Å². The average Bonchev–Trinajstić information content (AvgIpc) is 3.61. The molecule has 0 spiro atoms. The number of pyridine rings is 2. The van der Waals surface area contributed by atoms with Crippen LogP contribution < -0.4 is 5.19 Å². The van der Waals surface area contributed by atoms with Crippen molar-refractivity contribution in [2.75, 3.05) is 0 Å². The van der Waals surface area contributed by atoms with E-state index in [1.807, 2.05) is 103 Å². The van der Waals surface area contributed by atoms with Crippen molar-refractivity contribution in [1.82, 2.24) is 9.97 Å². The summed E-state index contributed by atoms with van der Waals surface area (Å²) < 4.78 is 58.1. The zero-order chi connectivity index (χ0) is 40.9. The number of hydrogen-bond donors (Lipinski definition) is 0. The first-order chi connectivity index (χ1) is 27.6. The number of aryl methyl sites for hydroxylation is 1. The Morgan fingerprint density at radius 3 is 2.30 bits per heavy atom. The number of nitrogens with zero attached hydrogens (tertiary/aromatic N) is 2.